The fourth-order valence-corrected chi connectivity index (χ4v) is 3.42. The van der Waals surface area contributed by atoms with Crippen LogP contribution in [-0.2, 0) is 4.74 Å². The third-order valence-electron chi connectivity index (χ3n) is 4.71. The smallest absolute Gasteiger partial charge is 0.274 e. The van der Waals surface area contributed by atoms with E-state index in [1.54, 1.807) is 19.2 Å². The molecule has 3 rings (SSSR count). The minimum absolute atomic E-state index is 0.0797. The summed E-state index contributed by atoms with van der Waals surface area (Å²) >= 11 is 0. The maximum absolute atomic E-state index is 12.8. The van der Waals surface area contributed by atoms with Gasteiger partial charge in [-0.25, -0.2) is 0 Å². The van der Waals surface area contributed by atoms with Crippen molar-refractivity contribution in [2.75, 3.05) is 40.4 Å². The maximum atomic E-state index is 12.8. The van der Waals surface area contributed by atoms with E-state index in [0.717, 1.165) is 26.1 Å². The van der Waals surface area contributed by atoms with Crippen molar-refractivity contribution in [3.63, 3.8) is 0 Å². The Hall–Kier alpha value is -1.73. The van der Waals surface area contributed by atoms with Crippen LogP contribution in [0.25, 0.3) is 0 Å². The summed E-state index contributed by atoms with van der Waals surface area (Å²) in [5, 5.41) is 7.89. The number of carbonyl (C=O) groups excluding carboxylic acids is 1. The third-order valence-corrected chi connectivity index (χ3v) is 4.71. The molecule has 0 bridgehead atoms. The van der Waals surface area contributed by atoms with Crippen LogP contribution >= 0.6 is 0 Å². The Morgan fingerprint density at radius 2 is 2.04 bits per heavy atom. The number of aromatic nitrogens is 2. The van der Waals surface area contributed by atoms with Gasteiger partial charge in [0.25, 0.3) is 5.91 Å². The molecule has 2 saturated heterocycles. The number of hydrogen-bond donors (Lipinski definition) is 0. The largest absolute Gasteiger partial charge is 0.480 e. The lowest BCUT2D eigenvalue weighted by atomic mass is 10.2. The highest BCUT2D eigenvalue weighted by atomic mass is 16.5. The van der Waals surface area contributed by atoms with E-state index < -0.39 is 0 Å². The first kappa shape index (κ1) is 16.1. The monoisotopic (exact) mass is 320 g/mol. The van der Waals surface area contributed by atoms with E-state index in [2.05, 4.69) is 15.1 Å². The molecule has 2 atom stereocenters. The van der Waals surface area contributed by atoms with E-state index in [0.29, 0.717) is 18.1 Å². The number of rotatable bonds is 5. The van der Waals surface area contributed by atoms with Gasteiger partial charge >= 0.3 is 0 Å². The van der Waals surface area contributed by atoms with Crippen LogP contribution < -0.4 is 4.74 Å². The van der Waals surface area contributed by atoms with Crippen LogP contribution in [0.4, 0.5) is 0 Å². The van der Waals surface area contributed by atoms with Gasteiger partial charge in [-0.2, -0.15) is 0 Å². The van der Waals surface area contributed by atoms with E-state index in [9.17, 15) is 4.79 Å². The Morgan fingerprint density at radius 3 is 2.65 bits per heavy atom. The summed E-state index contributed by atoms with van der Waals surface area (Å²) < 4.78 is 10.5. The molecule has 2 fully saturated rings. The molecule has 7 heteroatoms. The van der Waals surface area contributed by atoms with Crippen molar-refractivity contribution in [2.45, 2.75) is 31.4 Å². The number of likely N-dealkylation sites (tertiary alicyclic amines) is 2. The highest BCUT2D eigenvalue weighted by Gasteiger charge is 2.37. The highest BCUT2D eigenvalue weighted by molar-refractivity contribution is 5.92. The summed E-state index contributed by atoms with van der Waals surface area (Å²) in [6.45, 7) is 3.77. The summed E-state index contributed by atoms with van der Waals surface area (Å²) in [5.41, 5.74) is 0.356. The lowest BCUT2D eigenvalue weighted by Gasteiger charge is -2.27. The minimum atomic E-state index is -0.0797. The molecule has 1 aromatic rings. The van der Waals surface area contributed by atoms with Crippen LogP contribution in [0, 0.1) is 0 Å². The maximum Gasteiger partial charge on any atom is 0.274 e. The second-order valence-electron chi connectivity index (χ2n) is 6.17. The topological polar surface area (TPSA) is 67.8 Å². The quantitative estimate of drug-likeness (QED) is 0.800. The average Bonchev–Trinajstić information content (AvgIpc) is 3.24. The van der Waals surface area contributed by atoms with Gasteiger partial charge in [0.2, 0.25) is 5.88 Å². The Labute approximate surface area is 136 Å². The zero-order chi connectivity index (χ0) is 16.2. The van der Waals surface area contributed by atoms with Crippen LogP contribution in [0.5, 0.6) is 5.88 Å². The predicted octanol–water partition coefficient (Wildman–Crippen LogP) is 0.810. The van der Waals surface area contributed by atoms with E-state index in [-0.39, 0.29) is 18.1 Å². The van der Waals surface area contributed by atoms with Gasteiger partial charge in [0.05, 0.1) is 13.2 Å². The van der Waals surface area contributed by atoms with Gasteiger partial charge in [0.1, 0.15) is 0 Å². The molecule has 0 saturated carbocycles. The average molecular weight is 320 g/mol. The Balaban J connectivity index is 1.71. The molecule has 3 heterocycles. The van der Waals surface area contributed by atoms with Crippen molar-refractivity contribution in [3.8, 4) is 5.88 Å². The van der Waals surface area contributed by atoms with Crippen molar-refractivity contribution < 1.29 is 14.3 Å². The first-order valence-corrected chi connectivity index (χ1v) is 8.15. The molecule has 23 heavy (non-hydrogen) atoms. The summed E-state index contributed by atoms with van der Waals surface area (Å²) in [4.78, 5) is 17.1. The van der Waals surface area contributed by atoms with E-state index in [1.807, 2.05) is 4.90 Å². The van der Waals surface area contributed by atoms with Crippen LogP contribution in [0.3, 0.4) is 0 Å². The minimum Gasteiger partial charge on any atom is -0.480 e. The molecule has 0 N–H and O–H groups in total. The molecule has 0 unspecified atom stereocenters. The number of carbonyl (C=O) groups is 1. The SMILES string of the molecule is COc1ccc(C(=O)N2C[C@@H](OC)C[C@H]2CN2CCCC2)nn1. The van der Waals surface area contributed by atoms with Crippen LogP contribution in [-0.4, -0.2) is 78.4 Å². The summed E-state index contributed by atoms with van der Waals surface area (Å²) in [6, 6.07) is 3.51. The van der Waals surface area contributed by atoms with Crippen molar-refractivity contribution in [1.82, 2.24) is 20.0 Å². The van der Waals surface area contributed by atoms with E-state index >= 15 is 0 Å². The van der Waals surface area contributed by atoms with Crippen molar-refractivity contribution in [3.05, 3.63) is 17.8 Å². The fraction of sp³-hybridized carbons (Fsp3) is 0.688. The highest BCUT2D eigenvalue weighted by Crippen LogP contribution is 2.24. The van der Waals surface area contributed by atoms with Crippen molar-refractivity contribution >= 4 is 5.91 Å². The number of nitrogens with zero attached hydrogens (tertiary/aromatic N) is 4. The van der Waals surface area contributed by atoms with E-state index in [1.165, 1.54) is 20.0 Å². The second-order valence-corrected chi connectivity index (χ2v) is 6.17. The van der Waals surface area contributed by atoms with Crippen LogP contribution in [0.2, 0.25) is 0 Å². The fourth-order valence-electron chi connectivity index (χ4n) is 3.42. The van der Waals surface area contributed by atoms with Crippen LogP contribution in [0.1, 0.15) is 29.8 Å². The Morgan fingerprint density at radius 1 is 1.26 bits per heavy atom. The van der Waals surface area contributed by atoms with Gasteiger partial charge in [0, 0.05) is 32.3 Å². The first-order valence-electron chi connectivity index (χ1n) is 8.15. The van der Waals surface area contributed by atoms with Gasteiger partial charge < -0.3 is 19.3 Å². The lowest BCUT2D eigenvalue weighted by molar-refractivity contribution is 0.0663. The summed E-state index contributed by atoms with van der Waals surface area (Å²) in [6.07, 6.45) is 3.47. The van der Waals surface area contributed by atoms with Crippen LogP contribution in [0.15, 0.2) is 12.1 Å². The molecule has 7 nitrogen and oxygen atoms in total. The zero-order valence-corrected chi connectivity index (χ0v) is 13.8. The van der Waals surface area contributed by atoms with Gasteiger partial charge in [0.15, 0.2) is 5.69 Å². The molecule has 0 spiro atoms. The molecule has 0 aliphatic carbocycles. The molecule has 1 amide bonds. The number of amides is 1. The molecule has 2 aliphatic heterocycles. The summed E-state index contributed by atoms with van der Waals surface area (Å²) in [5.74, 6) is 0.329. The van der Waals surface area contributed by atoms with Gasteiger partial charge in [-0.05, 0) is 38.4 Å². The number of ether oxygens (including phenoxy) is 2. The van der Waals surface area contributed by atoms with Gasteiger partial charge in [-0.1, -0.05) is 0 Å². The standard InChI is InChI=1S/C16H24N4O3/c1-22-13-9-12(10-19-7-3-4-8-19)20(11-13)16(21)14-5-6-15(23-2)18-17-14/h5-6,12-13H,3-4,7-11H2,1-2H3/t12-,13-/m0/s1. The second kappa shape index (κ2) is 7.23. The molecule has 2 aliphatic rings. The van der Waals surface area contributed by atoms with E-state index in [4.69, 9.17) is 9.47 Å². The molecule has 0 aromatic carbocycles. The number of methoxy groups -OCH3 is 2. The lowest BCUT2D eigenvalue weighted by Crippen LogP contribution is -2.43. The van der Waals surface area contributed by atoms with Gasteiger partial charge in [-0.3, -0.25) is 4.79 Å². The predicted molar refractivity (Wildman–Crippen MR) is 84.5 cm³/mol. The normalized spacial score (nSPS) is 25.0. The Bertz CT molecular complexity index is 531. The first-order chi connectivity index (χ1) is 11.2. The Kier molecular flexibility index (Phi) is 5.07. The zero-order valence-electron chi connectivity index (χ0n) is 13.8. The van der Waals surface area contributed by atoms with Crippen molar-refractivity contribution in [2.24, 2.45) is 0 Å². The molecule has 0 radical (unpaired) electrons. The van der Waals surface area contributed by atoms with Gasteiger partial charge in [-0.15, -0.1) is 10.2 Å². The number of hydrogen-bond acceptors (Lipinski definition) is 6. The van der Waals surface area contributed by atoms with Crippen molar-refractivity contribution in [1.29, 1.82) is 0 Å². The molecule has 1 aromatic heterocycles. The third kappa shape index (κ3) is 3.61. The molecular formula is C16H24N4O3. The molecular weight excluding hydrogens is 296 g/mol. The summed E-state index contributed by atoms with van der Waals surface area (Å²) in [7, 11) is 3.24. The molecule has 126 valence electrons.